The number of benzene rings is 1. The predicted octanol–water partition coefficient (Wildman–Crippen LogP) is 3.61. The molecule has 0 aliphatic carbocycles. The normalized spacial score (nSPS) is 11.4. The van der Waals surface area contributed by atoms with Gasteiger partial charge in [-0.15, -0.1) is 0 Å². The Kier molecular flexibility index (Phi) is 6.69. The molecule has 0 heterocycles. The summed E-state index contributed by atoms with van der Waals surface area (Å²) in [6, 6.07) is 6.74. The number of aryl methyl sites for hydroxylation is 1. The minimum atomic E-state index is -0.00346. The summed E-state index contributed by atoms with van der Waals surface area (Å²) >= 11 is 3.41. The first-order valence-corrected chi connectivity index (χ1v) is 7.92. The van der Waals surface area contributed by atoms with Gasteiger partial charge in [-0.25, -0.2) is 0 Å². The molecule has 0 aliphatic rings. The Balaban J connectivity index is 2.57. The van der Waals surface area contributed by atoms with Crippen molar-refractivity contribution in [2.75, 3.05) is 13.1 Å². The maximum absolute atomic E-state index is 12.2. The lowest BCUT2D eigenvalue weighted by Gasteiger charge is -2.30. The first-order valence-electron chi connectivity index (χ1n) is 7.13. The molecule has 0 aliphatic heterocycles. The summed E-state index contributed by atoms with van der Waals surface area (Å²) in [5.41, 5.74) is 1.73. The smallest absolute Gasteiger partial charge is 0.251 e. The summed E-state index contributed by atoms with van der Waals surface area (Å²) in [6.07, 6.45) is 0. The maximum Gasteiger partial charge on any atom is 0.251 e. The van der Waals surface area contributed by atoms with Crippen LogP contribution in [-0.4, -0.2) is 36.0 Å². The van der Waals surface area contributed by atoms with Crippen LogP contribution in [0.15, 0.2) is 22.7 Å². The Morgan fingerprint density at radius 1 is 1.25 bits per heavy atom. The van der Waals surface area contributed by atoms with E-state index in [1.165, 1.54) is 0 Å². The number of rotatable bonds is 6. The van der Waals surface area contributed by atoms with Crippen molar-refractivity contribution in [2.24, 2.45) is 0 Å². The average molecular weight is 341 g/mol. The summed E-state index contributed by atoms with van der Waals surface area (Å²) in [7, 11) is 0. The fraction of sp³-hybridized carbons (Fsp3) is 0.562. The van der Waals surface area contributed by atoms with E-state index in [4.69, 9.17) is 0 Å². The van der Waals surface area contributed by atoms with Crippen molar-refractivity contribution >= 4 is 21.8 Å². The first kappa shape index (κ1) is 17.2. The van der Waals surface area contributed by atoms with E-state index in [-0.39, 0.29) is 5.91 Å². The molecule has 0 bridgehead atoms. The van der Waals surface area contributed by atoms with Gasteiger partial charge in [-0.05, 0) is 52.3 Å². The topological polar surface area (TPSA) is 32.3 Å². The minimum absolute atomic E-state index is 0.00346. The molecule has 0 saturated carbocycles. The second-order valence-electron chi connectivity index (χ2n) is 5.64. The number of halogens is 1. The monoisotopic (exact) mass is 340 g/mol. The van der Waals surface area contributed by atoms with Gasteiger partial charge in [0.05, 0.1) is 0 Å². The summed E-state index contributed by atoms with van der Waals surface area (Å²) < 4.78 is 0.930. The van der Waals surface area contributed by atoms with Crippen LogP contribution in [-0.2, 0) is 0 Å². The highest BCUT2D eigenvalue weighted by atomic mass is 79.9. The number of nitrogens with one attached hydrogen (secondary N) is 1. The molecule has 0 fully saturated rings. The standard InChI is InChI=1S/C16H25BrN2O/c1-11(2)19(12(3)4)9-8-18-16(20)15-10-14(17)7-6-13(15)5/h6-7,10-12H,8-9H2,1-5H3,(H,18,20). The molecule has 20 heavy (non-hydrogen) atoms. The van der Waals surface area contributed by atoms with Crippen molar-refractivity contribution in [1.29, 1.82) is 0 Å². The van der Waals surface area contributed by atoms with Crippen LogP contribution in [0, 0.1) is 6.92 Å². The molecule has 112 valence electrons. The number of carbonyl (C=O) groups is 1. The quantitative estimate of drug-likeness (QED) is 0.857. The second-order valence-corrected chi connectivity index (χ2v) is 6.56. The largest absolute Gasteiger partial charge is 0.351 e. The Hall–Kier alpha value is -0.870. The van der Waals surface area contributed by atoms with Gasteiger partial charge in [0.1, 0.15) is 0 Å². The van der Waals surface area contributed by atoms with Crippen LogP contribution < -0.4 is 5.32 Å². The molecule has 1 rings (SSSR count). The zero-order chi connectivity index (χ0) is 15.3. The van der Waals surface area contributed by atoms with Crippen molar-refractivity contribution in [2.45, 2.75) is 46.7 Å². The summed E-state index contributed by atoms with van der Waals surface area (Å²) in [5, 5.41) is 3.01. The predicted molar refractivity (Wildman–Crippen MR) is 88.2 cm³/mol. The van der Waals surface area contributed by atoms with Crippen molar-refractivity contribution in [1.82, 2.24) is 10.2 Å². The Labute approximate surface area is 130 Å². The molecule has 0 unspecified atom stereocenters. The average Bonchev–Trinajstić information content (AvgIpc) is 2.36. The summed E-state index contributed by atoms with van der Waals surface area (Å²) in [6.45, 7) is 12.2. The van der Waals surface area contributed by atoms with E-state index >= 15 is 0 Å². The second kappa shape index (κ2) is 7.79. The lowest BCUT2D eigenvalue weighted by atomic mass is 10.1. The van der Waals surface area contributed by atoms with E-state index in [1.807, 2.05) is 25.1 Å². The molecular formula is C16H25BrN2O. The third-order valence-corrected chi connectivity index (χ3v) is 3.92. The van der Waals surface area contributed by atoms with E-state index in [1.54, 1.807) is 0 Å². The van der Waals surface area contributed by atoms with Crippen LogP contribution in [0.5, 0.6) is 0 Å². The number of carbonyl (C=O) groups excluding carboxylic acids is 1. The van der Waals surface area contributed by atoms with Gasteiger partial charge in [-0.2, -0.15) is 0 Å². The molecule has 0 saturated heterocycles. The molecule has 3 nitrogen and oxygen atoms in total. The van der Waals surface area contributed by atoms with Crippen LogP contribution in [0.25, 0.3) is 0 Å². The molecule has 0 aromatic heterocycles. The van der Waals surface area contributed by atoms with Gasteiger partial charge in [0.25, 0.3) is 5.91 Å². The van der Waals surface area contributed by atoms with E-state index in [0.29, 0.717) is 18.6 Å². The molecule has 0 atom stereocenters. The molecule has 1 N–H and O–H groups in total. The van der Waals surface area contributed by atoms with Gasteiger partial charge in [0, 0.05) is 35.2 Å². The highest BCUT2D eigenvalue weighted by Crippen LogP contribution is 2.15. The maximum atomic E-state index is 12.2. The van der Waals surface area contributed by atoms with Gasteiger partial charge in [0.15, 0.2) is 0 Å². The summed E-state index contributed by atoms with van der Waals surface area (Å²) in [5.74, 6) is -0.00346. The lowest BCUT2D eigenvalue weighted by molar-refractivity contribution is 0.0938. The van der Waals surface area contributed by atoms with E-state index in [2.05, 4.69) is 53.8 Å². The molecule has 0 radical (unpaired) electrons. The molecular weight excluding hydrogens is 316 g/mol. The first-order chi connectivity index (χ1) is 9.32. The Morgan fingerprint density at radius 3 is 2.40 bits per heavy atom. The van der Waals surface area contributed by atoms with Gasteiger partial charge in [0.2, 0.25) is 0 Å². The van der Waals surface area contributed by atoms with Crippen LogP contribution in [0.3, 0.4) is 0 Å². The van der Waals surface area contributed by atoms with Crippen molar-refractivity contribution in [3.8, 4) is 0 Å². The fourth-order valence-electron chi connectivity index (χ4n) is 2.35. The van der Waals surface area contributed by atoms with Crippen LogP contribution in [0.4, 0.5) is 0 Å². The van der Waals surface area contributed by atoms with Crippen molar-refractivity contribution in [3.63, 3.8) is 0 Å². The van der Waals surface area contributed by atoms with Gasteiger partial charge < -0.3 is 5.32 Å². The number of hydrogen-bond acceptors (Lipinski definition) is 2. The highest BCUT2D eigenvalue weighted by molar-refractivity contribution is 9.10. The lowest BCUT2D eigenvalue weighted by Crippen LogP contribution is -2.42. The van der Waals surface area contributed by atoms with Gasteiger partial charge in [-0.3, -0.25) is 9.69 Å². The van der Waals surface area contributed by atoms with Gasteiger partial charge in [-0.1, -0.05) is 22.0 Å². The number of hydrogen-bond donors (Lipinski definition) is 1. The van der Waals surface area contributed by atoms with Crippen LogP contribution in [0.1, 0.15) is 43.6 Å². The molecule has 1 amide bonds. The van der Waals surface area contributed by atoms with E-state index in [9.17, 15) is 4.79 Å². The third kappa shape index (κ3) is 4.91. The van der Waals surface area contributed by atoms with Crippen molar-refractivity contribution < 1.29 is 4.79 Å². The number of nitrogens with zero attached hydrogens (tertiary/aromatic N) is 1. The number of amides is 1. The van der Waals surface area contributed by atoms with Crippen LogP contribution >= 0.6 is 15.9 Å². The molecule has 0 spiro atoms. The third-order valence-electron chi connectivity index (χ3n) is 3.43. The zero-order valence-electron chi connectivity index (χ0n) is 13.0. The fourth-order valence-corrected chi connectivity index (χ4v) is 2.71. The molecule has 4 heteroatoms. The van der Waals surface area contributed by atoms with Gasteiger partial charge >= 0.3 is 0 Å². The van der Waals surface area contributed by atoms with E-state index < -0.39 is 0 Å². The Morgan fingerprint density at radius 2 is 1.85 bits per heavy atom. The summed E-state index contributed by atoms with van der Waals surface area (Å²) in [4.78, 5) is 14.6. The Bertz CT molecular complexity index is 450. The van der Waals surface area contributed by atoms with Crippen LogP contribution in [0.2, 0.25) is 0 Å². The molecule has 1 aromatic rings. The van der Waals surface area contributed by atoms with E-state index in [0.717, 1.165) is 22.1 Å². The highest BCUT2D eigenvalue weighted by Gasteiger charge is 2.14. The SMILES string of the molecule is Cc1ccc(Br)cc1C(=O)NCCN(C(C)C)C(C)C. The van der Waals surface area contributed by atoms with Crippen molar-refractivity contribution in [3.05, 3.63) is 33.8 Å². The minimum Gasteiger partial charge on any atom is -0.351 e. The zero-order valence-corrected chi connectivity index (χ0v) is 14.6. The molecule has 1 aromatic carbocycles.